The van der Waals surface area contributed by atoms with Crippen molar-refractivity contribution in [2.75, 3.05) is 0 Å². The van der Waals surface area contributed by atoms with Gasteiger partial charge < -0.3 is 0 Å². The summed E-state index contributed by atoms with van der Waals surface area (Å²) in [6.45, 7) is 0. The molecule has 0 saturated heterocycles. The van der Waals surface area contributed by atoms with E-state index >= 15 is 0 Å². The van der Waals surface area contributed by atoms with Crippen LogP contribution < -0.4 is 0 Å². The molecule has 19 heavy (non-hydrogen) atoms. The number of pyridine rings is 1. The largest absolute Gasteiger partial charge is 0.270 e. The van der Waals surface area contributed by atoms with Crippen molar-refractivity contribution < 1.29 is 0 Å². The van der Waals surface area contributed by atoms with Crippen LogP contribution in [0.5, 0.6) is 0 Å². The highest BCUT2D eigenvalue weighted by Gasteiger charge is 2.30. The fourth-order valence-corrected chi connectivity index (χ4v) is 2.55. The van der Waals surface area contributed by atoms with Crippen LogP contribution in [-0.4, -0.2) is 19.7 Å². The number of halogens is 1. The predicted octanol–water partition coefficient (Wildman–Crippen LogP) is 3.35. The number of hydrogen-bond donors (Lipinski definition) is 0. The summed E-state index contributed by atoms with van der Waals surface area (Å²) in [6, 6.07) is 10.1. The third-order valence-corrected chi connectivity index (χ3v) is 3.68. The lowest BCUT2D eigenvalue weighted by atomic mass is 10.2. The molecule has 1 aromatic carbocycles. The van der Waals surface area contributed by atoms with Crippen molar-refractivity contribution in [3.8, 4) is 5.69 Å². The van der Waals surface area contributed by atoms with E-state index in [0.29, 0.717) is 11.2 Å². The Morgan fingerprint density at radius 1 is 1.16 bits per heavy atom. The minimum atomic E-state index is 0.421. The molecule has 0 spiro atoms. The zero-order valence-corrected chi connectivity index (χ0v) is 10.9. The van der Waals surface area contributed by atoms with Crippen molar-refractivity contribution in [2.24, 2.45) is 0 Å². The highest BCUT2D eigenvalue weighted by atomic mass is 35.5. The van der Waals surface area contributed by atoms with E-state index in [1.165, 1.54) is 12.8 Å². The van der Waals surface area contributed by atoms with Crippen LogP contribution in [0.4, 0.5) is 0 Å². The summed E-state index contributed by atoms with van der Waals surface area (Å²) in [5.41, 5.74) is 1.97. The minimum Gasteiger partial charge on any atom is -0.270 e. The summed E-state index contributed by atoms with van der Waals surface area (Å²) in [5, 5.41) is 9.71. The van der Waals surface area contributed by atoms with Crippen LogP contribution in [0.25, 0.3) is 16.6 Å². The molecule has 0 unspecified atom stereocenters. The van der Waals surface area contributed by atoms with E-state index in [-0.39, 0.29) is 0 Å². The molecule has 0 aliphatic heterocycles. The van der Waals surface area contributed by atoms with E-state index in [2.05, 4.69) is 21.2 Å². The van der Waals surface area contributed by atoms with Gasteiger partial charge in [-0.05, 0) is 48.7 Å². The Bertz CT molecular complexity index is 761. The molecule has 0 bridgehead atoms. The molecule has 0 N–H and O–H groups in total. The van der Waals surface area contributed by atoms with Crippen LogP contribution >= 0.6 is 11.6 Å². The van der Waals surface area contributed by atoms with Crippen LogP contribution in [0.15, 0.2) is 36.5 Å². The summed E-state index contributed by atoms with van der Waals surface area (Å²) in [4.78, 5) is 4.32. The second kappa shape index (κ2) is 4.03. The Balaban J connectivity index is 1.92. The summed E-state index contributed by atoms with van der Waals surface area (Å²) in [7, 11) is 0. The van der Waals surface area contributed by atoms with E-state index in [0.717, 1.165) is 22.4 Å². The van der Waals surface area contributed by atoms with Crippen molar-refractivity contribution in [3.63, 3.8) is 0 Å². The van der Waals surface area contributed by atoms with Gasteiger partial charge in [0.2, 0.25) is 5.28 Å². The number of fused-ring (bicyclic) bond motifs is 1. The molecular formula is C14H11ClN4. The van der Waals surface area contributed by atoms with E-state index in [9.17, 15) is 0 Å². The third-order valence-electron chi connectivity index (χ3n) is 3.44. The van der Waals surface area contributed by atoms with E-state index < -0.39 is 0 Å². The van der Waals surface area contributed by atoms with E-state index in [1.54, 1.807) is 6.20 Å². The zero-order valence-electron chi connectivity index (χ0n) is 10.1. The highest BCUT2D eigenvalue weighted by Crippen LogP contribution is 2.40. The van der Waals surface area contributed by atoms with Gasteiger partial charge in [-0.25, -0.2) is 0 Å². The molecule has 2 heterocycles. The molecule has 3 aromatic rings. The molecule has 1 saturated carbocycles. The predicted molar refractivity (Wildman–Crippen MR) is 73.6 cm³/mol. The summed E-state index contributed by atoms with van der Waals surface area (Å²) >= 11 is 6.18. The molecule has 4 rings (SSSR count). The molecule has 1 aliphatic rings. The molecule has 1 fully saturated rings. The lowest BCUT2D eigenvalue weighted by molar-refractivity contribution is 0.872. The maximum Gasteiger partial charge on any atom is 0.229 e. The van der Waals surface area contributed by atoms with E-state index in [4.69, 9.17) is 11.6 Å². The first kappa shape index (κ1) is 10.9. The number of hydrogen-bond acceptors (Lipinski definition) is 3. The van der Waals surface area contributed by atoms with Gasteiger partial charge in [-0.1, -0.05) is 6.07 Å². The summed E-state index contributed by atoms with van der Waals surface area (Å²) in [5.74, 6) is 1.47. The molecule has 0 radical (unpaired) electrons. The normalized spacial score (nSPS) is 15.0. The van der Waals surface area contributed by atoms with Crippen molar-refractivity contribution in [1.82, 2.24) is 19.7 Å². The molecule has 1 aliphatic carbocycles. The van der Waals surface area contributed by atoms with Crippen molar-refractivity contribution in [1.29, 1.82) is 0 Å². The lowest BCUT2D eigenvalue weighted by Crippen LogP contribution is -2.00. The molecule has 4 nitrogen and oxygen atoms in total. The van der Waals surface area contributed by atoms with Crippen LogP contribution in [0.1, 0.15) is 24.6 Å². The number of rotatable bonds is 2. The van der Waals surface area contributed by atoms with Gasteiger partial charge >= 0.3 is 0 Å². The average Bonchev–Trinajstić information content (AvgIpc) is 3.21. The van der Waals surface area contributed by atoms with E-state index in [1.807, 2.05) is 28.8 Å². The molecule has 94 valence electrons. The van der Waals surface area contributed by atoms with Crippen molar-refractivity contribution in [2.45, 2.75) is 18.8 Å². The van der Waals surface area contributed by atoms with Gasteiger partial charge in [0.15, 0.2) is 0 Å². The topological polar surface area (TPSA) is 43.6 Å². The van der Waals surface area contributed by atoms with Gasteiger partial charge in [0.25, 0.3) is 0 Å². The van der Waals surface area contributed by atoms with Gasteiger partial charge in [0.05, 0.1) is 11.2 Å². The Morgan fingerprint density at radius 2 is 2.05 bits per heavy atom. The standard InChI is InChI=1S/C14H11ClN4/c15-14-18-17-13(9-3-4-9)19(14)11-5-6-12-10(8-11)2-1-7-16-12/h1-2,5-9H,3-4H2. The minimum absolute atomic E-state index is 0.421. The third kappa shape index (κ3) is 1.79. The molecule has 0 atom stereocenters. The van der Waals surface area contributed by atoms with Crippen LogP contribution in [0, 0.1) is 0 Å². The monoisotopic (exact) mass is 270 g/mol. The molecular weight excluding hydrogens is 260 g/mol. The quantitative estimate of drug-likeness (QED) is 0.717. The Kier molecular flexibility index (Phi) is 2.32. The average molecular weight is 271 g/mol. The molecule has 5 heteroatoms. The van der Waals surface area contributed by atoms with Crippen LogP contribution in [-0.2, 0) is 0 Å². The zero-order chi connectivity index (χ0) is 12.8. The van der Waals surface area contributed by atoms with Crippen LogP contribution in [0.3, 0.4) is 0 Å². The fraction of sp³-hybridized carbons (Fsp3) is 0.214. The maximum absolute atomic E-state index is 6.18. The van der Waals surface area contributed by atoms with Crippen molar-refractivity contribution in [3.05, 3.63) is 47.6 Å². The first-order chi connectivity index (χ1) is 9.33. The number of nitrogens with zero attached hydrogens (tertiary/aromatic N) is 4. The van der Waals surface area contributed by atoms with Crippen molar-refractivity contribution >= 4 is 22.5 Å². The van der Waals surface area contributed by atoms with Gasteiger partial charge in [-0.15, -0.1) is 10.2 Å². The molecule has 0 amide bonds. The first-order valence-electron chi connectivity index (χ1n) is 6.29. The Hall–Kier alpha value is -1.94. The first-order valence-corrected chi connectivity index (χ1v) is 6.67. The van der Waals surface area contributed by atoms with Crippen LogP contribution in [0.2, 0.25) is 5.28 Å². The second-order valence-corrected chi connectivity index (χ2v) is 5.16. The summed E-state index contributed by atoms with van der Waals surface area (Å²) < 4.78 is 1.94. The SMILES string of the molecule is Clc1nnc(C2CC2)n1-c1ccc2ncccc2c1. The fourth-order valence-electron chi connectivity index (χ4n) is 2.32. The second-order valence-electron chi connectivity index (χ2n) is 4.82. The maximum atomic E-state index is 6.18. The number of aromatic nitrogens is 4. The van der Waals surface area contributed by atoms with Gasteiger partial charge in [-0.3, -0.25) is 9.55 Å². The number of benzene rings is 1. The van der Waals surface area contributed by atoms with Gasteiger partial charge in [0, 0.05) is 17.5 Å². The Morgan fingerprint density at radius 3 is 2.89 bits per heavy atom. The smallest absolute Gasteiger partial charge is 0.229 e. The molecule has 2 aromatic heterocycles. The Labute approximate surface area is 115 Å². The van der Waals surface area contributed by atoms with Gasteiger partial charge in [-0.2, -0.15) is 0 Å². The lowest BCUT2D eigenvalue weighted by Gasteiger charge is -2.08. The van der Waals surface area contributed by atoms with Gasteiger partial charge in [0.1, 0.15) is 5.82 Å². The highest BCUT2D eigenvalue weighted by molar-refractivity contribution is 6.28. The summed E-state index contributed by atoms with van der Waals surface area (Å²) in [6.07, 6.45) is 4.14.